The highest BCUT2D eigenvalue weighted by atomic mass is 32.1. The topological polar surface area (TPSA) is 98.0 Å². The minimum Gasteiger partial charge on any atom is -0.366 e. The van der Waals surface area contributed by atoms with Gasteiger partial charge in [0.05, 0.1) is 15.8 Å². The Bertz CT molecular complexity index is 885. The molecule has 0 unspecified atom stereocenters. The number of rotatable bonds is 3. The number of amides is 2. The van der Waals surface area contributed by atoms with E-state index in [2.05, 4.69) is 15.3 Å². The maximum absolute atomic E-state index is 13.2. The predicted molar refractivity (Wildman–Crippen MR) is 80.2 cm³/mol. The number of hydrogen-bond acceptors (Lipinski definition) is 5. The molecule has 0 aliphatic rings. The van der Waals surface area contributed by atoms with E-state index in [0.29, 0.717) is 4.70 Å². The van der Waals surface area contributed by atoms with Gasteiger partial charge in [0.15, 0.2) is 16.8 Å². The van der Waals surface area contributed by atoms with E-state index in [1.807, 2.05) is 0 Å². The number of halogens is 2. The number of benzene rings is 1. The Kier molecular flexibility index (Phi) is 3.70. The van der Waals surface area contributed by atoms with Crippen LogP contribution in [0.2, 0.25) is 0 Å². The van der Waals surface area contributed by atoms with Crippen LogP contribution in [0.25, 0.3) is 10.2 Å². The molecule has 6 nitrogen and oxygen atoms in total. The molecule has 0 saturated carbocycles. The second kappa shape index (κ2) is 5.69. The molecule has 3 N–H and O–H groups in total. The van der Waals surface area contributed by atoms with Crippen LogP contribution >= 0.6 is 11.3 Å². The van der Waals surface area contributed by atoms with Gasteiger partial charge in [-0.1, -0.05) is 11.3 Å². The fourth-order valence-electron chi connectivity index (χ4n) is 1.81. The molecule has 2 aromatic heterocycles. The first-order chi connectivity index (χ1) is 10.9. The molecule has 0 fully saturated rings. The van der Waals surface area contributed by atoms with Gasteiger partial charge in [0.25, 0.3) is 5.91 Å². The second-order valence-corrected chi connectivity index (χ2v) is 5.53. The molecule has 1 aromatic carbocycles. The molecule has 116 valence electrons. The Balaban J connectivity index is 1.83. The Morgan fingerprint density at radius 3 is 2.57 bits per heavy atom. The number of nitrogens with two attached hydrogens (primary N) is 1. The molecular formula is C14H8F2N4O2S. The third kappa shape index (κ3) is 2.99. The van der Waals surface area contributed by atoms with Gasteiger partial charge in [0, 0.05) is 12.3 Å². The number of carbonyl (C=O) groups is 2. The van der Waals surface area contributed by atoms with Gasteiger partial charge in [-0.15, -0.1) is 0 Å². The molecule has 0 saturated heterocycles. The zero-order valence-electron chi connectivity index (χ0n) is 11.3. The molecule has 0 aliphatic heterocycles. The summed E-state index contributed by atoms with van der Waals surface area (Å²) in [5, 5.41) is 2.66. The standard InChI is InChI=1S/C14H8F2N4O2S/c15-7-3-10-11(4-8(7)16)23-14(19-10)20-13(22)9-2-1-6(5-18-9)12(17)21/h1-5H,(H2,17,21)(H,19,20,22). The number of thiazole rings is 1. The van der Waals surface area contributed by atoms with Crippen molar-refractivity contribution in [2.45, 2.75) is 0 Å². The lowest BCUT2D eigenvalue weighted by Gasteiger charge is -2.01. The van der Waals surface area contributed by atoms with Crippen LogP contribution in [0, 0.1) is 11.6 Å². The number of pyridine rings is 1. The van der Waals surface area contributed by atoms with Crippen molar-refractivity contribution in [2.24, 2.45) is 5.73 Å². The number of hydrogen-bond donors (Lipinski definition) is 2. The Labute approximate surface area is 132 Å². The van der Waals surface area contributed by atoms with E-state index in [-0.39, 0.29) is 21.9 Å². The lowest BCUT2D eigenvalue weighted by Crippen LogP contribution is -2.15. The number of aromatic nitrogens is 2. The van der Waals surface area contributed by atoms with E-state index in [1.54, 1.807) is 0 Å². The first-order valence-electron chi connectivity index (χ1n) is 6.27. The highest BCUT2D eigenvalue weighted by Gasteiger charge is 2.13. The van der Waals surface area contributed by atoms with E-state index >= 15 is 0 Å². The molecule has 3 aromatic rings. The third-order valence-electron chi connectivity index (χ3n) is 2.93. The van der Waals surface area contributed by atoms with Crippen molar-refractivity contribution in [3.05, 3.63) is 53.4 Å². The Morgan fingerprint density at radius 2 is 1.91 bits per heavy atom. The van der Waals surface area contributed by atoms with Crippen molar-refractivity contribution in [3.8, 4) is 0 Å². The van der Waals surface area contributed by atoms with Crippen LogP contribution in [0.15, 0.2) is 30.5 Å². The maximum atomic E-state index is 13.2. The van der Waals surface area contributed by atoms with Gasteiger partial charge in [-0.25, -0.2) is 13.8 Å². The van der Waals surface area contributed by atoms with Crippen LogP contribution in [-0.2, 0) is 0 Å². The minimum atomic E-state index is -1.01. The summed E-state index contributed by atoms with van der Waals surface area (Å²) in [7, 11) is 0. The first kappa shape index (κ1) is 15.0. The summed E-state index contributed by atoms with van der Waals surface area (Å²) in [4.78, 5) is 30.8. The largest absolute Gasteiger partial charge is 0.366 e. The first-order valence-corrected chi connectivity index (χ1v) is 7.08. The fraction of sp³-hybridized carbons (Fsp3) is 0. The van der Waals surface area contributed by atoms with Gasteiger partial charge >= 0.3 is 0 Å². The summed E-state index contributed by atoms with van der Waals surface area (Å²) in [5.74, 6) is -3.21. The predicted octanol–water partition coefficient (Wildman–Crippen LogP) is 2.32. The fourth-order valence-corrected chi connectivity index (χ4v) is 2.68. The third-order valence-corrected chi connectivity index (χ3v) is 3.87. The van der Waals surface area contributed by atoms with E-state index in [9.17, 15) is 18.4 Å². The number of nitrogens with one attached hydrogen (secondary N) is 1. The molecule has 0 spiro atoms. The lowest BCUT2D eigenvalue weighted by molar-refractivity contribution is 0.0993. The monoisotopic (exact) mass is 334 g/mol. The zero-order valence-corrected chi connectivity index (χ0v) is 12.2. The molecule has 0 bridgehead atoms. The molecule has 9 heteroatoms. The van der Waals surface area contributed by atoms with Crippen molar-refractivity contribution in [1.82, 2.24) is 9.97 Å². The number of primary amides is 1. The molecule has 0 atom stereocenters. The average Bonchev–Trinajstić information content (AvgIpc) is 2.89. The van der Waals surface area contributed by atoms with E-state index in [1.165, 1.54) is 18.3 Å². The normalized spacial score (nSPS) is 10.7. The molecule has 2 amide bonds. The van der Waals surface area contributed by atoms with Crippen LogP contribution in [0.1, 0.15) is 20.8 Å². The van der Waals surface area contributed by atoms with Gasteiger partial charge < -0.3 is 5.73 Å². The van der Waals surface area contributed by atoms with Gasteiger partial charge in [-0.05, 0) is 18.2 Å². The minimum absolute atomic E-state index is 0.0478. The Hall–Kier alpha value is -2.94. The van der Waals surface area contributed by atoms with Crippen molar-refractivity contribution in [2.75, 3.05) is 5.32 Å². The molecule has 2 heterocycles. The summed E-state index contributed by atoms with van der Waals surface area (Å²) in [5.41, 5.74) is 5.54. The van der Waals surface area contributed by atoms with Crippen LogP contribution in [0.4, 0.5) is 13.9 Å². The summed E-state index contributed by atoms with van der Waals surface area (Å²) in [6.45, 7) is 0. The summed E-state index contributed by atoms with van der Waals surface area (Å²) < 4.78 is 26.7. The quantitative estimate of drug-likeness (QED) is 0.768. The molecule has 0 radical (unpaired) electrons. The van der Waals surface area contributed by atoms with Gasteiger partial charge in [-0.2, -0.15) is 0 Å². The van der Waals surface area contributed by atoms with Crippen LogP contribution < -0.4 is 11.1 Å². The molecule has 3 rings (SSSR count). The number of carbonyl (C=O) groups excluding carboxylic acids is 2. The van der Waals surface area contributed by atoms with E-state index in [0.717, 1.165) is 23.5 Å². The van der Waals surface area contributed by atoms with Crippen molar-refractivity contribution in [3.63, 3.8) is 0 Å². The van der Waals surface area contributed by atoms with Crippen LogP contribution in [-0.4, -0.2) is 21.8 Å². The van der Waals surface area contributed by atoms with E-state index in [4.69, 9.17) is 5.73 Å². The lowest BCUT2D eigenvalue weighted by atomic mass is 10.2. The van der Waals surface area contributed by atoms with Crippen molar-refractivity contribution in [1.29, 1.82) is 0 Å². The maximum Gasteiger partial charge on any atom is 0.276 e. The highest BCUT2D eigenvalue weighted by Crippen LogP contribution is 2.28. The number of nitrogens with zero attached hydrogens (tertiary/aromatic N) is 2. The average molecular weight is 334 g/mol. The van der Waals surface area contributed by atoms with Gasteiger partial charge in [0.2, 0.25) is 5.91 Å². The molecular weight excluding hydrogens is 326 g/mol. The number of anilines is 1. The van der Waals surface area contributed by atoms with Crippen molar-refractivity contribution >= 4 is 38.5 Å². The van der Waals surface area contributed by atoms with Gasteiger partial charge in [-0.3, -0.25) is 19.9 Å². The smallest absolute Gasteiger partial charge is 0.276 e. The second-order valence-electron chi connectivity index (χ2n) is 4.50. The van der Waals surface area contributed by atoms with Crippen LogP contribution in [0.3, 0.4) is 0 Å². The van der Waals surface area contributed by atoms with Crippen molar-refractivity contribution < 1.29 is 18.4 Å². The zero-order chi connectivity index (χ0) is 16.6. The summed E-state index contributed by atoms with van der Waals surface area (Å²) in [6, 6.07) is 4.67. The summed E-state index contributed by atoms with van der Waals surface area (Å²) in [6.07, 6.45) is 1.18. The van der Waals surface area contributed by atoms with E-state index < -0.39 is 23.4 Å². The summed E-state index contributed by atoms with van der Waals surface area (Å²) >= 11 is 1.000. The van der Waals surface area contributed by atoms with Gasteiger partial charge in [0.1, 0.15) is 5.69 Å². The number of fused-ring (bicyclic) bond motifs is 1. The molecule has 0 aliphatic carbocycles. The highest BCUT2D eigenvalue weighted by molar-refractivity contribution is 7.22. The SMILES string of the molecule is NC(=O)c1ccc(C(=O)Nc2nc3cc(F)c(F)cc3s2)nc1. The Morgan fingerprint density at radius 1 is 1.17 bits per heavy atom. The molecule has 23 heavy (non-hydrogen) atoms. The van der Waals surface area contributed by atoms with Crippen LogP contribution in [0.5, 0.6) is 0 Å².